The molecule has 3 aromatic rings. The topological polar surface area (TPSA) is 97.6 Å². The third-order valence-electron chi connectivity index (χ3n) is 6.07. The van der Waals surface area contributed by atoms with Crippen LogP contribution in [0.15, 0.2) is 58.0 Å². The molecule has 1 aromatic heterocycles. The molecular weight excluding hydrogens is 532 g/mol. The van der Waals surface area contributed by atoms with Gasteiger partial charge in [0.05, 0.1) is 50.2 Å². The van der Waals surface area contributed by atoms with Crippen molar-refractivity contribution in [3.63, 3.8) is 0 Å². The maximum Gasteiger partial charge on any atom is 0.337 e. The van der Waals surface area contributed by atoms with Gasteiger partial charge in [0.2, 0.25) is 0 Å². The van der Waals surface area contributed by atoms with Gasteiger partial charge in [-0.25, -0.2) is 9.79 Å². The van der Waals surface area contributed by atoms with Crippen molar-refractivity contribution in [3.05, 3.63) is 79.0 Å². The maximum atomic E-state index is 13.8. The van der Waals surface area contributed by atoms with Gasteiger partial charge in [-0.1, -0.05) is 37.3 Å². The number of hydrogen-bond acceptors (Lipinski definition) is 9. The molecule has 0 saturated heterocycles. The van der Waals surface area contributed by atoms with Crippen molar-refractivity contribution in [1.82, 2.24) is 4.57 Å². The van der Waals surface area contributed by atoms with Crippen LogP contribution in [0, 0.1) is 5.92 Å². The first-order valence-corrected chi connectivity index (χ1v) is 13.9. The molecule has 1 aliphatic heterocycles. The van der Waals surface area contributed by atoms with E-state index in [0.29, 0.717) is 63.6 Å². The van der Waals surface area contributed by atoms with Crippen LogP contribution in [-0.4, -0.2) is 44.6 Å². The fourth-order valence-corrected chi connectivity index (χ4v) is 5.26. The Labute approximate surface area is 236 Å². The van der Waals surface area contributed by atoms with Gasteiger partial charge in [0.1, 0.15) is 0 Å². The Kier molecular flexibility index (Phi) is 9.31. The summed E-state index contributed by atoms with van der Waals surface area (Å²) in [6.07, 6.45) is 3.24. The van der Waals surface area contributed by atoms with Crippen molar-refractivity contribution in [2.45, 2.75) is 33.7 Å². The van der Waals surface area contributed by atoms with E-state index in [1.165, 1.54) is 29.2 Å². The first-order chi connectivity index (χ1) is 19.3. The number of nitrogens with zero attached hydrogens (tertiary/aromatic N) is 2. The van der Waals surface area contributed by atoms with E-state index >= 15 is 0 Å². The maximum absolute atomic E-state index is 13.8. The lowest BCUT2D eigenvalue weighted by Crippen LogP contribution is -2.39. The van der Waals surface area contributed by atoms with Gasteiger partial charge in [-0.2, -0.15) is 0 Å². The number of esters is 1. The Morgan fingerprint density at radius 3 is 2.38 bits per heavy atom. The lowest BCUT2D eigenvalue weighted by Gasteiger charge is -2.23. The van der Waals surface area contributed by atoms with Crippen molar-refractivity contribution >= 4 is 23.4 Å². The van der Waals surface area contributed by atoms with Crippen LogP contribution in [0.25, 0.3) is 6.08 Å². The number of thiazole rings is 1. The predicted octanol–water partition coefficient (Wildman–Crippen LogP) is 3.86. The lowest BCUT2D eigenvalue weighted by atomic mass is 9.97. The molecule has 212 valence electrons. The Balaban J connectivity index is 1.82. The van der Waals surface area contributed by atoms with Crippen LogP contribution < -0.4 is 33.8 Å². The van der Waals surface area contributed by atoms with E-state index in [-0.39, 0.29) is 11.1 Å². The number of carbonyl (C=O) groups excluding carboxylic acids is 1. The zero-order valence-corrected chi connectivity index (χ0v) is 24.4. The lowest BCUT2D eigenvalue weighted by molar-refractivity contribution is -0.136. The third-order valence-corrected chi connectivity index (χ3v) is 7.06. The average Bonchev–Trinajstić information content (AvgIpc) is 3.27. The first kappa shape index (κ1) is 28.9. The van der Waals surface area contributed by atoms with E-state index in [4.69, 9.17) is 23.7 Å². The highest BCUT2D eigenvalue weighted by Crippen LogP contribution is 2.35. The SMILES string of the molecule is CCOc1ccc([C@H]2C(C(=O)OC)=CN=c3s/c(=C\c4ccc(OCC(C)C)c(OC)c4)c(=O)n32)cc1OCC. The Morgan fingerprint density at radius 2 is 1.70 bits per heavy atom. The van der Waals surface area contributed by atoms with Gasteiger partial charge < -0.3 is 23.7 Å². The summed E-state index contributed by atoms with van der Waals surface area (Å²) in [6, 6.07) is 10.2. The van der Waals surface area contributed by atoms with Crippen molar-refractivity contribution in [3.8, 4) is 23.0 Å². The van der Waals surface area contributed by atoms with E-state index in [1.807, 2.05) is 38.1 Å². The van der Waals surface area contributed by atoms with Crippen LogP contribution in [-0.2, 0) is 9.53 Å². The normalized spacial score (nSPS) is 14.7. The zero-order chi connectivity index (χ0) is 28.8. The molecule has 0 radical (unpaired) electrons. The van der Waals surface area contributed by atoms with Crippen LogP contribution in [0.2, 0.25) is 0 Å². The number of hydrogen-bond donors (Lipinski definition) is 0. The molecule has 40 heavy (non-hydrogen) atoms. The van der Waals surface area contributed by atoms with E-state index in [9.17, 15) is 9.59 Å². The van der Waals surface area contributed by atoms with Crippen LogP contribution >= 0.6 is 11.3 Å². The van der Waals surface area contributed by atoms with Gasteiger partial charge in [-0.15, -0.1) is 0 Å². The molecule has 0 fully saturated rings. The van der Waals surface area contributed by atoms with Gasteiger partial charge in [0, 0.05) is 6.20 Å². The second-order valence-electron chi connectivity index (χ2n) is 9.36. The Morgan fingerprint density at radius 1 is 1.00 bits per heavy atom. The van der Waals surface area contributed by atoms with Gasteiger partial charge in [-0.3, -0.25) is 9.36 Å². The molecule has 0 bridgehead atoms. The molecule has 1 aliphatic rings. The second kappa shape index (κ2) is 12.9. The smallest absolute Gasteiger partial charge is 0.337 e. The van der Waals surface area contributed by atoms with Crippen LogP contribution in [0.4, 0.5) is 0 Å². The van der Waals surface area contributed by atoms with E-state index in [0.717, 1.165) is 5.56 Å². The molecule has 0 unspecified atom stereocenters. The van der Waals surface area contributed by atoms with Gasteiger partial charge >= 0.3 is 5.97 Å². The van der Waals surface area contributed by atoms with Crippen molar-refractivity contribution in [2.24, 2.45) is 10.9 Å². The molecule has 0 aliphatic carbocycles. The molecule has 10 heteroatoms. The highest BCUT2D eigenvalue weighted by atomic mass is 32.1. The van der Waals surface area contributed by atoms with E-state index < -0.39 is 12.0 Å². The molecular formula is C30H34N2O7S. The Hall–Kier alpha value is -4.05. The molecule has 2 heterocycles. The molecule has 0 spiro atoms. The fraction of sp³-hybridized carbons (Fsp3) is 0.367. The summed E-state index contributed by atoms with van der Waals surface area (Å²) in [5.41, 5.74) is 1.39. The summed E-state index contributed by atoms with van der Waals surface area (Å²) in [4.78, 5) is 31.5. The predicted molar refractivity (Wildman–Crippen MR) is 153 cm³/mol. The summed E-state index contributed by atoms with van der Waals surface area (Å²) in [6.45, 7) is 9.38. The Bertz CT molecular complexity index is 1590. The molecule has 4 rings (SSSR count). The zero-order valence-electron chi connectivity index (χ0n) is 23.6. The summed E-state index contributed by atoms with van der Waals surface area (Å²) in [7, 11) is 2.88. The van der Waals surface area contributed by atoms with Crippen molar-refractivity contribution < 1.29 is 28.5 Å². The minimum atomic E-state index is -0.762. The van der Waals surface area contributed by atoms with Gasteiger partial charge in [0.15, 0.2) is 27.8 Å². The summed E-state index contributed by atoms with van der Waals surface area (Å²) in [5.74, 6) is 2.12. The highest BCUT2D eigenvalue weighted by Gasteiger charge is 2.31. The summed E-state index contributed by atoms with van der Waals surface area (Å²) in [5, 5.41) is 0. The fourth-order valence-electron chi connectivity index (χ4n) is 4.29. The second-order valence-corrected chi connectivity index (χ2v) is 10.4. The van der Waals surface area contributed by atoms with E-state index in [1.54, 1.807) is 25.3 Å². The number of fused-ring (bicyclic) bond motifs is 1. The number of ether oxygens (including phenoxy) is 5. The number of rotatable bonds is 11. The highest BCUT2D eigenvalue weighted by molar-refractivity contribution is 7.07. The number of benzene rings is 2. The van der Waals surface area contributed by atoms with E-state index in [2.05, 4.69) is 18.8 Å². The number of carbonyl (C=O) groups is 1. The molecule has 1 atom stereocenters. The molecule has 9 nitrogen and oxygen atoms in total. The molecule has 2 aromatic carbocycles. The van der Waals surface area contributed by atoms with Crippen molar-refractivity contribution in [1.29, 1.82) is 0 Å². The molecule has 0 saturated carbocycles. The number of methoxy groups -OCH3 is 2. The largest absolute Gasteiger partial charge is 0.493 e. The summed E-state index contributed by atoms with van der Waals surface area (Å²) >= 11 is 1.24. The van der Waals surface area contributed by atoms with Crippen molar-refractivity contribution in [2.75, 3.05) is 34.0 Å². The number of aromatic nitrogens is 1. The standard InChI is InChI=1S/C30H34N2O7S/c1-7-37-23-12-10-20(15-25(23)38-8-2)27-21(29(34)36-6)16-31-30-32(27)28(33)26(40-30)14-19-9-11-22(24(13-19)35-5)39-17-18(3)4/h9-16,18,27H,7-8,17H2,1-6H3/b26-14-/t27-/m0/s1. The molecule has 0 N–H and O–H groups in total. The third kappa shape index (κ3) is 6.07. The minimum absolute atomic E-state index is 0.237. The van der Waals surface area contributed by atoms with Crippen LogP contribution in [0.1, 0.15) is 44.9 Å². The quantitative estimate of drug-likeness (QED) is 0.325. The molecule has 0 amide bonds. The monoisotopic (exact) mass is 566 g/mol. The minimum Gasteiger partial charge on any atom is -0.493 e. The average molecular weight is 567 g/mol. The van der Waals surface area contributed by atoms with Gasteiger partial charge in [0.25, 0.3) is 5.56 Å². The van der Waals surface area contributed by atoms with Crippen LogP contribution in [0.3, 0.4) is 0 Å². The summed E-state index contributed by atoms with van der Waals surface area (Å²) < 4.78 is 29.9. The van der Waals surface area contributed by atoms with Gasteiger partial charge in [-0.05, 0) is 61.2 Å². The van der Waals surface area contributed by atoms with Crippen LogP contribution in [0.5, 0.6) is 23.0 Å². The first-order valence-electron chi connectivity index (χ1n) is 13.1.